The molecule has 23 heavy (non-hydrogen) atoms. The minimum atomic E-state index is -4.17. The van der Waals surface area contributed by atoms with E-state index in [-0.39, 0.29) is 17.3 Å². The lowest BCUT2D eigenvalue weighted by molar-refractivity contribution is -0.387. The Morgan fingerprint density at radius 2 is 1.83 bits per heavy atom. The van der Waals surface area contributed by atoms with Crippen molar-refractivity contribution < 1.29 is 13.3 Å². The highest BCUT2D eigenvalue weighted by molar-refractivity contribution is 7.93. The molecular weight excluding hydrogens is 363 g/mol. The minimum Gasteiger partial charge on any atom is -0.265 e. The van der Waals surface area contributed by atoms with Crippen molar-refractivity contribution in [2.24, 2.45) is 0 Å². The van der Waals surface area contributed by atoms with E-state index in [9.17, 15) is 18.5 Å². The van der Waals surface area contributed by atoms with Crippen LogP contribution in [0, 0.1) is 10.1 Å². The molecule has 0 aromatic heterocycles. The Bertz CT molecular complexity index is 856. The van der Waals surface area contributed by atoms with Gasteiger partial charge in [0.1, 0.15) is 0 Å². The maximum atomic E-state index is 12.9. The first-order chi connectivity index (χ1) is 10.8. The van der Waals surface area contributed by atoms with Crippen LogP contribution in [-0.4, -0.2) is 19.9 Å². The largest absolute Gasteiger partial charge is 0.289 e. The summed E-state index contributed by atoms with van der Waals surface area (Å²) in [7, 11) is -4.17. The molecule has 0 radical (unpaired) electrons. The third kappa shape index (κ3) is 3.41. The summed E-state index contributed by atoms with van der Waals surface area (Å²) in [5.74, 6) is 0. The fourth-order valence-electron chi connectivity index (χ4n) is 2.09. The summed E-state index contributed by atoms with van der Waals surface area (Å²) in [4.78, 5) is 9.98. The van der Waals surface area contributed by atoms with Crippen LogP contribution in [0.15, 0.2) is 47.4 Å². The molecule has 0 saturated carbocycles. The standard InChI is InChI=1S/C14H12Cl2N2O4S/c1-2-17(13-9-10(15)7-8-11(13)16)23(21,22)14-6-4-3-5-12(14)18(19)20/h3-9H,2H2,1H3. The lowest BCUT2D eigenvalue weighted by Gasteiger charge is -2.24. The highest BCUT2D eigenvalue weighted by Crippen LogP contribution is 2.35. The molecule has 0 bridgehead atoms. The van der Waals surface area contributed by atoms with E-state index >= 15 is 0 Å². The molecule has 0 fully saturated rings. The van der Waals surface area contributed by atoms with Gasteiger partial charge in [0.05, 0.1) is 15.6 Å². The van der Waals surface area contributed by atoms with Crippen LogP contribution in [0.4, 0.5) is 11.4 Å². The van der Waals surface area contributed by atoms with Crippen LogP contribution >= 0.6 is 23.2 Å². The number of nitrogens with zero attached hydrogens (tertiary/aromatic N) is 2. The van der Waals surface area contributed by atoms with E-state index in [0.717, 1.165) is 10.4 Å². The second-order valence-electron chi connectivity index (χ2n) is 4.49. The Morgan fingerprint density at radius 1 is 1.17 bits per heavy atom. The molecule has 0 aliphatic rings. The molecule has 0 saturated heterocycles. The zero-order valence-electron chi connectivity index (χ0n) is 11.9. The number of para-hydroxylation sites is 1. The van der Waals surface area contributed by atoms with Gasteiger partial charge in [0.25, 0.3) is 15.7 Å². The molecule has 9 heteroatoms. The third-order valence-corrected chi connectivity index (χ3v) is 5.59. The Kier molecular flexibility index (Phi) is 5.13. The molecule has 2 aromatic rings. The average molecular weight is 375 g/mol. The monoisotopic (exact) mass is 374 g/mol. The predicted octanol–water partition coefficient (Wildman–Crippen LogP) is 4.12. The van der Waals surface area contributed by atoms with E-state index in [1.807, 2.05) is 0 Å². The number of sulfonamides is 1. The molecule has 0 N–H and O–H groups in total. The first kappa shape index (κ1) is 17.5. The second-order valence-corrected chi connectivity index (χ2v) is 7.16. The number of benzene rings is 2. The average Bonchev–Trinajstić information content (AvgIpc) is 2.51. The Morgan fingerprint density at radius 3 is 2.43 bits per heavy atom. The molecule has 0 atom stereocenters. The molecular formula is C14H12Cl2N2O4S. The van der Waals surface area contributed by atoms with Gasteiger partial charge in [0.2, 0.25) is 0 Å². The van der Waals surface area contributed by atoms with Gasteiger partial charge >= 0.3 is 0 Å². The van der Waals surface area contributed by atoms with Gasteiger partial charge in [-0.2, -0.15) is 0 Å². The zero-order chi connectivity index (χ0) is 17.2. The third-order valence-electron chi connectivity index (χ3n) is 3.09. The summed E-state index contributed by atoms with van der Waals surface area (Å²) in [6.07, 6.45) is 0. The molecule has 0 aliphatic heterocycles. The SMILES string of the molecule is CCN(c1cc(Cl)ccc1Cl)S(=O)(=O)c1ccccc1[N+](=O)[O-]. The number of hydrogen-bond donors (Lipinski definition) is 0. The minimum absolute atomic E-state index is 0.0362. The van der Waals surface area contributed by atoms with Gasteiger partial charge in [-0.1, -0.05) is 35.3 Å². The van der Waals surface area contributed by atoms with E-state index in [4.69, 9.17) is 23.2 Å². The number of hydrogen-bond acceptors (Lipinski definition) is 4. The fraction of sp³-hybridized carbons (Fsp3) is 0.143. The van der Waals surface area contributed by atoms with Gasteiger partial charge in [0, 0.05) is 17.6 Å². The normalized spacial score (nSPS) is 11.3. The molecule has 122 valence electrons. The number of nitro groups is 1. The molecule has 0 unspecified atom stereocenters. The van der Waals surface area contributed by atoms with E-state index in [1.54, 1.807) is 6.92 Å². The van der Waals surface area contributed by atoms with E-state index < -0.39 is 25.5 Å². The van der Waals surface area contributed by atoms with Crippen LogP contribution in [0.3, 0.4) is 0 Å². The summed E-state index contributed by atoms with van der Waals surface area (Å²) >= 11 is 12.0. The van der Waals surface area contributed by atoms with Crippen molar-refractivity contribution in [3.05, 3.63) is 62.6 Å². The Hall–Kier alpha value is -1.83. The van der Waals surface area contributed by atoms with Crippen molar-refractivity contribution in [2.45, 2.75) is 11.8 Å². The highest BCUT2D eigenvalue weighted by Gasteiger charge is 2.31. The second kappa shape index (κ2) is 6.74. The topological polar surface area (TPSA) is 80.5 Å². The molecule has 0 heterocycles. The van der Waals surface area contributed by atoms with Crippen molar-refractivity contribution in [1.82, 2.24) is 0 Å². The number of anilines is 1. The van der Waals surface area contributed by atoms with Crippen LogP contribution < -0.4 is 4.31 Å². The van der Waals surface area contributed by atoms with Gasteiger partial charge in [-0.15, -0.1) is 0 Å². The van der Waals surface area contributed by atoms with E-state index in [1.165, 1.54) is 36.4 Å². The Labute approximate surface area is 143 Å². The van der Waals surface area contributed by atoms with Crippen LogP contribution in [0.2, 0.25) is 10.0 Å². The Balaban J connectivity index is 2.66. The van der Waals surface area contributed by atoms with Crippen molar-refractivity contribution in [1.29, 1.82) is 0 Å². The van der Waals surface area contributed by atoms with E-state index in [2.05, 4.69) is 0 Å². The van der Waals surface area contributed by atoms with Gasteiger partial charge in [-0.05, 0) is 31.2 Å². The van der Waals surface area contributed by atoms with Crippen LogP contribution in [0.1, 0.15) is 6.92 Å². The number of nitro benzene ring substituents is 1. The molecule has 2 rings (SSSR count). The first-order valence-electron chi connectivity index (χ1n) is 6.50. The van der Waals surface area contributed by atoms with Crippen LogP contribution in [-0.2, 0) is 10.0 Å². The smallest absolute Gasteiger partial charge is 0.265 e. The fourth-order valence-corrected chi connectivity index (χ4v) is 4.17. The van der Waals surface area contributed by atoms with Gasteiger partial charge in [-0.3, -0.25) is 14.4 Å². The molecule has 0 spiro atoms. The van der Waals surface area contributed by atoms with Gasteiger partial charge < -0.3 is 0 Å². The van der Waals surface area contributed by atoms with E-state index in [0.29, 0.717) is 5.02 Å². The first-order valence-corrected chi connectivity index (χ1v) is 8.70. The predicted molar refractivity (Wildman–Crippen MR) is 89.8 cm³/mol. The summed E-state index contributed by atoms with van der Waals surface area (Å²) in [6.45, 7) is 1.64. The van der Waals surface area contributed by atoms with Crippen LogP contribution in [0.25, 0.3) is 0 Å². The summed E-state index contributed by atoms with van der Waals surface area (Å²) in [6, 6.07) is 9.55. The number of halogens is 2. The van der Waals surface area contributed by atoms with Gasteiger partial charge in [0.15, 0.2) is 4.90 Å². The maximum Gasteiger partial charge on any atom is 0.289 e. The molecule has 6 nitrogen and oxygen atoms in total. The van der Waals surface area contributed by atoms with Crippen molar-refractivity contribution in [3.63, 3.8) is 0 Å². The number of rotatable bonds is 5. The molecule has 0 aliphatic carbocycles. The van der Waals surface area contributed by atoms with Crippen molar-refractivity contribution in [2.75, 3.05) is 10.8 Å². The summed E-state index contributed by atoms with van der Waals surface area (Å²) < 4.78 is 26.7. The molecule has 2 aromatic carbocycles. The zero-order valence-corrected chi connectivity index (χ0v) is 14.3. The van der Waals surface area contributed by atoms with Gasteiger partial charge in [-0.25, -0.2) is 8.42 Å². The quantitative estimate of drug-likeness (QED) is 0.582. The van der Waals surface area contributed by atoms with Crippen molar-refractivity contribution >= 4 is 44.6 Å². The van der Waals surface area contributed by atoms with Crippen molar-refractivity contribution in [3.8, 4) is 0 Å². The summed E-state index contributed by atoms with van der Waals surface area (Å²) in [5.41, 5.74) is -0.330. The summed E-state index contributed by atoms with van der Waals surface area (Å²) in [5, 5.41) is 11.6. The highest BCUT2D eigenvalue weighted by atomic mass is 35.5. The molecule has 0 amide bonds. The van der Waals surface area contributed by atoms with Crippen LogP contribution in [0.5, 0.6) is 0 Å². The lowest BCUT2D eigenvalue weighted by Crippen LogP contribution is -2.31. The maximum absolute atomic E-state index is 12.9. The lowest BCUT2D eigenvalue weighted by atomic mass is 10.3.